The van der Waals surface area contributed by atoms with Crippen molar-refractivity contribution in [3.63, 3.8) is 0 Å². The maximum atomic E-state index is 13.6. The van der Waals surface area contributed by atoms with Crippen LogP contribution in [0.25, 0.3) is 22.3 Å². The predicted molar refractivity (Wildman–Crippen MR) is 165 cm³/mol. The van der Waals surface area contributed by atoms with Crippen LogP contribution in [0.2, 0.25) is 0 Å². The molecule has 1 aromatic carbocycles. The number of hydroxylamine groups is 1. The number of pyridine rings is 2. The Kier molecular flexibility index (Phi) is 7.36. The van der Waals surface area contributed by atoms with E-state index >= 15 is 0 Å². The van der Waals surface area contributed by atoms with Crippen LogP contribution in [0.15, 0.2) is 41.5 Å². The zero-order chi connectivity index (χ0) is 33.0. The lowest BCUT2D eigenvalue weighted by Gasteiger charge is -2.34. The highest BCUT2D eigenvalue weighted by Crippen LogP contribution is 2.40. The zero-order valence-electron chi connectivity index (χ0n) is 25.6. The SMILES string of the molecule is CCc1c2c(nc3ccc(OC(=O)N4CCN(c5ncc(C(=O)NO)cn5)CC4)cc13)-c1cc3c(c(=O)n1C2)COC(=O)[C@]3(O)CC. The minimum absolute atomic E-state index is 0.0622. The fourth-order valence-corrected chi connectivity index (χ4v) is 6.53. The molecule has 0 spiro atoms. The second-order valence-corrected chi connectivity index (χ2v) is 11.6. The second-order valence-electron chi connectivity index (χ2n) is 11.6. The number of aromatic nitrogens is 4. The molecule has 0 unspecified atom stereocenters. The van der Waals surface area contributed by atoms with Gasteiger partial charge in [0.15, 0.2) is 5.60 Å². The maximum absolute atomic E-state index is 13.6. The van der Waals surface area contributed by atoms with Crippen molar-refractivity contribution in [3.8, 4) is 17.1 Å². The average Bonchev–Trinajstić information content (AvgIpc) is 3.47. The molecule has 0 saturated carbocycles. The van der Waals surface area contributed by atoms with Gasteiger partial charge >= 0.3 is 12.1 Å². The Bertz CT molecular complexity index is 2020. The molecule has 3 aliphatic heterocycles. The van der Waals surface area contributed by atoms with E-state index in [4.69, 9.17) is 19.7 Å². The van der Waals surface area contributed by atoms with Crippen molar-refractivity contribution in [2.24, 2.45) is 0 Å². The highest BCUT2D eigenvalue weighted by atomic mass is 16.6. The van der Waals surface area contributed by atoms with Gasteiger partial charge in [0.2, 0.25) is 5.95 Å². The van der Waals surface area contributed by atoms with E-state index in [0.29, 0.717) is 61.2 Å². The Balaban J connectivity index is 1.12. The van der Waals surface area contributed by atoms with Gasteiger partial charge in [0.25, 0.3) is 11.5 Å². The average molecular weight is 642 g/mol. The lowest BCUT2D eigenvalue weighted by molar-refractivity contribution is -0.172. The van der Waals surface area contributed by atoms with E-state index in [-0.39, 0.29) is 41.8 Å². The Morgan fingerprint density at radius 2 is 1.81 bits per heavy atom. The van der Waals surface area contributed by atoms with Gasteiger partial charge in [0, 0.05) is 55.1 Å². The Labute approximate surface area is 267 Å². The number of cyclic esters (lactones) is 1. The van der Waals surface area contributed by atoms with Crippen LogP contribution in [0, 0.1) is 0 Å². The third kappa shape index (κ3) is 4.85. The van der Waals surface area contributed by atoms with Crippen LogP contribution in [-0.2, 0) is 34.7 Å². The molecule has 0 bridgehead atoms. The minimum atomic E-state index is -1.90. The topological polar surface area (TPSA) is 189 Å². The quantitative estimate of drug-likeness (QED) is 0.144. The number of rotatable bonds is 5. The maximum Gasteiger partial charge on any atom is 0.415 e. The van der Waals surface area contributed by atoms with Crippen molar-refractivity contribution in [3.05, 3.63) is 74.8 Å². The summed E-state index contributed by atoms with van der Waals surface area (Å²) in [6.07, 6.45) is 2.81. The summed E-state index contributed by atoms with van der Waals surface area (Å²) in [4.78, 5) is 67.5. The summed E-state index contributed by atoms with van der Waals surface area (Å²) in [5.74, 6) is -0.714. The van der Waals surface area contributed by atoms with E-state index in [1.165, 1.54) is 17.9 Å². The number of anilines is 1. The van der Waals surface area contributed by atoms with Gasteiger partial charge in [-0.2, -0.15) is 0 Å². The van der Waals surface area contributed by atoms with E-state index in [2.05, 4.69) is 9.97 Å². The Morgan fingerprint density at radius 3 is 2.49 bits per heavy atom. The molecule has 1 fully saturated rings. The van der Waals surface area contributed by atoms with Crippen molar-refractivity contribution in [2.45, 2.75) is 45.4 Å². The first-order valence-corrected chi connectivity index (χ1v) is 15.3. The van der Waals surface area contributed by atoms with Crippen molar-refractivity contribution in [2.75, 3.05) is 31.1 Å². The molecule has 3 aliphatic rings. The van der Waals surface area contributed by atoms with Crippen LogP contribution < -0.4 is 20.7 Å². The van der Waals surface area contributed by atoms with Crippen LogP contribution in [0.4, 0.5) is 10.7 Å². The number of hydrogen-bond donors (Lipinski definition) is 3. The highest BCUT2D eigenvalue weighted by Gasteiger charge is 2.45. The van der Waals surface area contributed by atoms with Gasteiger partial charge < -0.3 is 28.9 Å². The van der Waals surface area contributed by atoms with Crippen molar-refractivity contribution < 1.29 is 34.2 Å². The van der Waals surface area contributed by atoms with Gasteiger partial charge in [-0.05, 0) is 42.7 Å². The molecule has 3 N–H and O–H groups in total. The lowest BCUT2D eigenvalue weighted by atomic mass is 9.86. The van der Waals surface area contributed by atoms with E-state index in [0.717, 1.165) is 16.5 Å². The number of aryl methyl sites for hydroxylation is 1. The number of ether oxygens (including phenoxy) is 2. The van der Waals surface area contributed by atoms with E-state index in [1.807, 2.05) is 11.8 Å². The Hall–Kier alpha value is -5.41. The number of piperazine rings is 1. The summed E-state index contributed by atoms with van der Waals surface area (Å²) < 4.78 is 12.6. The van der Waals surface area contributed by atoms with Crippen LogP contribution in [-0.4, -0.2) is 78.9 Å². The molecular formula is C32H31N7O8. The molecule has 15 nitrogen and oxygen atoms in total. The van der Waals surface area contributed by atoms with Crippen molar-refractivity contribution >= 4 is 34.8 Å². The first-order chi connectivity index (χ1) is 22.7. The van der Waals surface area contributed by atoms with Crippen molar-refractivity contribution in [1.29, 1.82) is 0 Å². The molecule has 1 atom stereocenters. The normalized spacial score (nSPS) is 18.3. The smallest absolute Gasteiger partial charge is 0.415 e. The summed E-state index contributed by atoms with van der Waals surface area (Å²) in [5, 5.41) is 20.7. The molecule has 0 radical (unpaired) electrons. The number of esters is 1. The first kappa shape index (κ1) is 30.3. The monoisotopic (exact) mass is 641 g/mol. The number of aliphatic hydroxyl groups is 1. The van der Waals surface area contributed by atoms with E-state index < -0.39 is 23.6 Å². The lowest BCUT2D eigenvalue weighted by Crippen LogP contribution is -2.50. The van der Waals surface area contributed by atoms with Crippen molar-refractivity contribution in [1.82, 2.24) is 29.9 Å². The molecule has 0 aliphatic carbocycles. The summed E-state index contributed by atoms with van der Waals surface area (Å²) in [7, 11) is 0. The van der Waals surface area contributed by atoms with Gasteiger partial charge in [0.05, 0.1) is 34.6 Å². The van der Waals surface area contributed by atoms with Crippen LogP contribution >= 0.6 is 0 Å². The number of carbonyl (C=O) groups excluding carboxylic acids is 3. The Morgan fingerprint density at radius 1 is 1.06 bits per heavy atom. The van der Waals surface area contributed by atoms with Crippen LogP contribution in [0.3, 0.4) is 0 Å². The number of hydrogen-bond acceptors (Lipinski definition) is 12. The van der Waals surface area contributed by atoms with Crippen LogP contribution in [0.1, 0.15) is 52.9 Å². The highest BCUT2D eigenvalue weighted by molar-refractivity contribution is 5.93. The minimum Gasteiger partial charge on any atom is -0.458 e. The second kappa shape index (κ2) is 11.4. The fraction of sp³-hybridized carbons (Fsp3) is 0.344. The zero-order valence-corrected chi connectivity index (χ0v) is 25.6. The summed E-state index contributed by atoms with van der Waals surface area (Å²) in [6, 6.07) is 6.92. The molecule has 3 aromatic heterocycles. The molecule has 6 heterocycles. The molecule has 1 saturated heterocycles. The summed E-state index contributed by atoms with van der Waals surface area (Å²) in [6.45, 7) is 5.38. The molecule has 7 rings (SSSR count). The first-order valence-electron chi connectivity index (χ1n) is 15.3. The van der Waals surface area contributed by atoms with Gasteiger partial charge in [-0.15, -0.1) is 0 Å². The third-order valence-corrected chi connectivity index (χ3v) is 9.16. The van der Waals surface area contributed by atoms with Gasteiger partial charge in [-0.1, -0.05) is 13.8 Å². The standard InChI is InChI=1S/C32H31N7O8/c1-3-19-20-11-18(47-31(43)38-9-7-37(8-10-38)30-33-13-17(14-34-30)27(40)36-45)5-6-24(20)35-26-21(19)15-39-25(26)12-23-22(28(39)41)16-46-29(42)32(23,44)4-2/h5-6,11-14,44-45H,3-4,7-10,15-16H2,1-2H3,(H,36,40)/t32-/m0/s1. The molecular weight excluding hydrogens is 610 g/mol. The van der Waals surface area contributed by atoms with Gasteiger partial charge in [-0.3, -0.25) is 14.8 Å². The summed E-state index contributed by atoms with van der Waals surface area (Å²) in [5.41, 5.74) is 3.58. The number of nitrogens with one attached hydrogen (secondary N) is 1. The molecule has 242 valence electrons. The van der Waals surface area contributed by atoms with E-state index in [1.54, 1.807) is 40.7 Å². The van der Waals surface area contributed by atoms with Gasteiger partial charge in [0.1, 0.15) is 12.4 Å². The molecule has 4 aromatic rings. The predicted octanol–water partition coefficient (Wildman–Crippen LogP) is 1.87. The number of nitrogens with zero attached hydrogens (tertiary/aromatic N) is 6. The van der Waals surface area contributed by atoms with Gasteiger partial charge in [-0.25, -0.2) is 30.0 Å². The molecule has 2 amide bonds. The molecule has 15 heteroatoms. The largest absolute Gasteiger partial charge is 0.458 e. The molecule has 47 heavy (non-hydrogen) atoms. The fourth-order valence-electron chi connectivity index (χ4n) is 6.53. The number of amides is 2. The van der Waals surface area contributed by atoms with E-state index in [9.17, 15) is 24.3 Å². The number of fused-ring (bicyclic) bond motifs is 5. The summed E-state index contributed by atoms with van der Waals surface area (Å²) >= 11 is 0. The third-order valence-electron chi connectivity index (χ3n) is 9.16. The number of benzene rings is 1. The van der Waals surface area contributed by atoms with Crippen LogP contribution in [0.5, 0.6) is 5.75 Å². The number of carbonyl (C=O) groups is 3.